The van der Waals surface area contributed by atoms with Gasteiger partial charge in [0.15, 0.2) is 0 Å². The Labute approximate surface area is 125 Å². The van der Waals surface area contributed by atoms with Crippen LogP contribution in [0.3, 0.4) is 0 Å². The van der Waals surface area contributed by atoms with Gasteiger partial charge in [-0.25, -0.2) is 9.97 Å². The van der Waals surface area contributed by atoms with Crippen molar-refractivity contribution in [2.75, 3.05) is 11.1 Å². The van der Waals surface area contributed by atoms with Crippen LogP contribution in [-0.2, 0) is 6.42 Å². The van der Waals surface area contributed by atoms with Crippen LogP contribution in [0.1, 0.15) is 54.7 Å². The molecule has 2 aromatic rings. The first-order chi connectivity index (χ1) is 9.93. The smallest absolute Gasteiger partial charge is 0.139 e. The summed E-state index contributed by atoms with van der Waals surface area (Å²) < 4.78 is 5.22. The molecule has 0 fully saturated rings. The fourth-order valence-corrected chi connectivity index (χ4v) is 2.44. The number of anilines is 2. The highest BCUT2D eigenvalue weighted by atomic mass is 16.5. The molecule has 0 saturated heterocycles. The number of nitrogens with one attached hydrogen (secondary N) is 1. The van der Waals surface area contributed by atoms with Gasteiger partial charge in [-0.3, -0.25) is 0 Å². The molecular formula is C15H23N5O. The zero-order valence-electron chi connectivity index (χ0n) is 13.3. The molecule has 0 aliphatic heterocycles. The summed E-state index contributed by atoms with van der Waals surface area (Å²) in [6.07, 6.45) is 1.81. The van der Waals surface area contributed by atoms with Crippen LogP contribution in [0, 0.1) is 20.8 Å². The third kappa shape index (κ3) is 3.15. The predicted molar refractivity (Wildman–Crippen MR) is 83.2 cm³/mol. The standard InChI is InChI=1S/C15H23N5O/c1-6-7-12-18-14(16)8(2)15(19-12)17-9(3)13-10(4)20-21-11(13)5/h9H,6-7H2,1-5H3,(H3,16,17,18,19). The Morgan fingerprint density at radius 1 is 1.24 bits per heavy atom. The van der Waals surface area contributed by atoms with Crippen LogP contribution in [-0.4, -0.2) is 15.1 Å². The molecule has 0 aromatic carbocycles. The number of nitrogens with zero attached hydrogens (tertiary/aromatic N) is 3. The molecule has 114 valence electrons. The van der Waals surface area contributed by atoms with E-state index in [-0.39, 0.29) is 6.04 Å². The van der Waals surface area contributed by atoms with E-state index in [0.717, 1.165) is 47.1 Å². The summed E-state index contributed by atoms with van der Waals surface area (Å²) in [6, 6.07) is 0.0405. The highest BCUT2D eigenvalue weighted by molar-refractivity contribution is 5.56. The first kappa shape index (κ1) is 15.3. The highest BCUT2D eigenvalue weighted by Gasteiger charge is 2.18. The van der Waals surface area contributed by atoms with E-state index in [4.69, 9.17) is 10.3 Å². The van der Waals surface area contributed by atoms with E-state index >= 15 is 0 Å². The number of hydrogen-bond donors (Lipinski definition) is 2. The van der Waals surface area contributed by atoms with E-state index in [2.05, 4.69) is 34.3 Å². The Morgan fingerprint density at radius 2 is 1.95 bits per heavy atom. The second-order valence-corrected chi connectivity index (χ2v) is 5.35. The molecule has 6 heteroatoms. The largest absolute Gasteiger partial charge is 0.383 e. The zero-order valence-corrected chi connectivity index (χ0v) is 13.3. The maximum absolute atomic E-state index is 5.98. The van der Waals surface area contributed by atoms with Crippen molar-refractivity contribution in [3.63, 3.8) is 0 Å². The average molecular weight is 289 g/mol. The number of nitrogens with two attached hydrogens (primary N) is 1. The van der Waals surface area contributed by atoms with E-state index in [0.29, 0.717) is 5.82 Å². The Morgan fingerprint density at radius 3 is 2.52 bits per heavy atom. The minimum Gasteiger partial charge on any atom is -0.383 e. The van der Waals surface area contributed by atoms with E-state index in [9.17, 15) is 0 Å². The van der Waals surface area contributed by atoms with Crippen molar-refractivity contribution < 1.29 is 4.52 Å². The summed E-state index contributed by atoms with van der Waals surface area (Å²) in [5.41, 5.74) is 8.80. The molecule has 0 amide bonds. The molecule has 21 heavy (non-hydrogen) atoms. The van der Waals surface area contributed by atoms with Gasteiger partial charge in [-0.2, -0.15) is 0 Å². The van der Waals surface area contributed by atoms with Gasteiger partial charge in [-0.05, 0) is 34.1 Å². The van der Waals surface area contributed by atoms with Crippen LogP contribution >= 0.6 is 0 Å². The van der Waals surface area contributed by atoms with Crippen LogP contribution in [0.5, 0.6) is 0 Å². The quantitative estimate of drug-likeness (QED) is 0.879. The van der Waals surface area contributed by atoms with E-state index in [1.54, 1.807) is 0 Å². The summed E-state index contributed by atoms with van der Waals surface area (Å²) in [5.74, 6) is 2.90. The van der Waals surface area contributed by atoms with Crippen molar-refractivity contribution in [1.29, 1.82) is 0 Å². The molecule has 0 saturated carbocycles. The lowest BCUT2D eigenvalue weighted by Crippen LogP contribution is -2.13. The van der Waals surface area contributed by atoms with E-state index < -0.39 is 0 Å². The number of aryl methyl sites for hydroxylation is 3. The summed E-state index contributed by atoms with van der Waals surface area (Å²) in [7, 11) is 0. The molecule has 1 atom stereocenters. The van der Waals surface area contributed by atoms with Crippen LogP contribution in [0.2, 0.25) is 0 Å². The normalized spacial score (nSPS) is 12.4. The Bertz CT molecular complexity index is 616. The van der Waals surface area contributed by atoms with E-state index in [1.807, 2.05) is 20.8 Å². The minimum absolute atomic E-state index is 0.0405. The van der Waals surface area contributed by atoms with Gasteiger partial charge in [0.1, 0.15) is 23.2 Å². The molecule has 0 aliphatic carbocycles. The van der Waals surface area contributed by atoms with Crippen molar-refractivity contribution in [2.45, 2.75) is 53.5 Å². The molecule has 0 spiro atoms. The van der Waals surface area contributed by atoms with Crippen molar-refractivity contribution in [2.24, 2.45) is 0 Å². The molecule has 2 heterocycles. The fraction of sp³-hybridized carbons (Fsp3) is 0.533. The summed E-state index contributed by atoms with van der Waals surface area (Å²) in [4.78, 5) is 8.90. The van der Waals surface area contributed by atoms with Crippen LogP contribution in [0.15, 0.2) is 4.52 Å². The van der Waals surface area contributed by atoms with Crippen LogP contribution in [0.25, 0.3) is 0 Å². The van der Waals surface area contributed by atoms with Crippen molar-refractivity contribution in [3.8, 4) is 0 Å². The SMILES string of the molecule is CCCc1nc(N)c(C)c(NC(C)c2c(C)noc2C)n1. The fourth-order valence-electron chi connectivity index (χ4n) is 2.44. The second kappa shape index (κ2) is 6.11. The molecule has 6 nitrogen and oxygen atoms in total. The van der Waals surface area contributed by atoms with Gasteiger partial charge < -0.3 is 15.6 Å². The van der Waals surface area contributed by atoms with Gasteiger partial charge in [0.25, 0.3) is 0 Å². The van der Waals surface area contributed by atoms with Gasteiger partial charge in [0.05, 0.1) is 11.7 Å². The average Bonchev–Trinajstić information content (AvgIpc) is 2.75. The van der Waals surface area contributed by atoms with Crippen molar-refractivity contribution in [1.82, 2.24) is 15.1 Å². The monoisotopic (exact) mass is 289 g/mol. The van der Waals surface area contributed by atoms with Gasteiger partial charge in [0.2, 0.25) is 0 Å². The van der Waals surface area contributed by atoms with Crippen LogP contribution < -0.4 is 11.1 Å². The van der Waals surface area contributed by atoms with Gasteiger partial charge >= 0.3 is 0 Å². The van der Waals surface area contributed by atoms with Crippen molar-refractivity contribution in [3.05, 3.63) is 28.4 Å². The van der Waals surface area contributed by atoms with E-state index in [1.165, 1.54) is 0 Å². The van der Waals surface area contributed by atoms with Gasteiger partial charge in [-0.15, -0.1) is 0 Å². The maximum Gasteiger partial charge on any atom is 0.139 e. The molecule has 2 aromatic heterocycles. The Balaban J connectivity index is 2.30. The lowest BCUT2D eigenvalue weighted by Gasteiger charge is -2.17. The van der Waals surface area contributed by atoms with Crippen LogP contribution in [0.4, 0.5) is 11.6 Å². The lowest BCUT2D eigenvalue weighted by molar-refractivity contribution is 0.392. The Hall–Kier alpha value is -2.11. The van der Waals surface area contributed by atoms with Crippen molar-refractivity contribution >= 4 is 11.6 Å². The molecule has 3 N–H and O–H groups in total. The second-order valence-electron chi connectivity index (χ2n) is 5.35. The predicted octanol–water partition coefficient (Wildman–Crippen LogP) is 3.10. The minimum atomic E-state index is 0.0405. The van der Waals surface area contributed by atoms with Gasteiger partial charge in [-0.1, -0.05) is 12.1 Å². The molecule has 0 bridgehead atoms. The topological polar surface area (TPSA) is 89.9 Å². The number of aromatic nitrogens is 3. The molecule has 1 unspecified atom stereocenters. The summed E-state index contributed by atoms with van der Waals surface area (Å²) in [6.45, 7) is 9.93. The summed E-state index contributed by atoms with van der Waals surface area (Å²) >= 11 is 0. The third-order valence-electron chi connectivity index (χ3n) is 3.58. The maximum atomic E-state index is 5.98. The molecular weight excluding hydrogens is 266 g/mol. The number of hydrogen-bond acceptors (Lipinski definition) is 6. The number of rotatable bonds is 5. The first-order valence-electron chi connectivity index (χ1n) is 7.26. The number of nitrogen functional groups attached to an aromatic ring is 1. The lowest BCUT2D eigenvalue weighted by atomic mass is 10.1. The van der Waals surface area contributed by atoms with Gasteiger partial charge in [0, 0.05) is 17.5 Å². The third-order valence-corrected chi connectivity index (χ3v) is 3.58. The molecule has 0 aliphatic rings. The Kier molecular flexibility index (Phi) is 4.45. The summed E-state index contributed by atoms with van der Waals surface area (Å²) in [5, 5.41) is 7.40. The zero-order chi connectivity index (χ0) is 15.6. The molecule has 0 radical (unpaired) electrons. The first-order valence-corrected chi connectivity index (χ1v) is 7.26. The highest BCUT2D eigenvalue weighted by Crippen LogP contribution is 2.27. The molecule has 2 rings (SSSR count).